The Bertz CT molecular complexity index is 902. The van der Waals surface area contributed by atoms with Crippen molar-refractivity contribution >= 4 is 0 Å². The van der Waals surface area contributed by atoms with E-state index in [0.717, 1.165) is 30.2 Å². The third-order valence-corrected chi connectivity index (χ3v) is 5.68. The van der Waals surface area contributed by atoms with Crippen LogP contribution in [0.15, 0.2) is 84.9 Å². The summed E-state index contributed by atoms with van der Waals surface area (Å²) in [5, 5.41) is 0. The predicted octanol–water partition coefficient (Wildman–Crippen LogP) is 5.57. The molecule has 0 saturated carbocycles. The Hall–Kier alpha value is -2.63. The lowest BCUT2D eigenvalue weighted by Crippen LogP contribution is -2.54. The fourth-order valence-corrected chi connectivity index (χ4v) is 4.12. The molecule has 29 heavy (non-hydrogen) atoms. The van der Waals surface area contributed by atoms with Crippen LogP contribution >= 0.6 is 0 Å². The van der Waals surface area contributed by atoms with Crippen molar-refractivity contribution in [2.24, 2.45) is 5.73 Å². The van der Waals surface area contributed by atoms with Crippen molar-refractivity contribution in [3.8, 4) is 0 Å². The van der Waals surface area contributed by atoms with Gasteiger partial charge in [-0.1, -0.05) is 72.8 Å². The molecule has 1 heterocycles. The smallest absolute Gasteiger partial charge is 0.323 e. The van der Waals surface area contributed by atoms with Crippen LogP contribution in [-0.4, -0.2) is 17.5 Å². The number of likely N-dealkylation sites (tertiary alicyclic amines) is 1. The van der Waals surface area contributed by atoms with Gasteiger partial charge >= 0.3 is 6.18 Å². The lowest BCUT2D eigenvalue weighted by Gasteiger charge is -2.49. The third kappa shape index (κ3) is 4.07. The first-order valence-electron chi connectivity index (χ1n) is 9.73. The van der Waals surface area contributed by atoms with Gasteiger partial charge in [0, 0.05) is 18.6 Å². The van der Waals surface area contributed by atoms with Crippen molar-refractivity contribution in [2.75, 3.05) is 6.54 Å². The van der Waals surface area contributed by atoms with Gasteiger partial charge in [-0.15, -0.1) is 0 Å². The molecular weight excluding hydrogens is 373 g/mol. The monoisotopic (exact) mass is 396 g/mol. The predicted molar refractivity (Wildman–Crippen MR) is 108 cm³/mol. The fourth-order valence-electron chi connectivity index (χ4n) is 4.12. The average molecular weight is 396 g/mol. The third-order valence-electron chi connectivity index (χ3n) is 5.68. The summed E-state index contributed by atoms with van der Waals surface area (Å²) in [7, 11) is 0. The highest BCUT2D eigenvalue weighted by Crippen LogP contribution is 2.40. The maximum absolute atomic E-state index is 13.1. The highest BCUT2D eigenvalue weighted by Gasteiger charge is 2.40. The second kappa shape index (κ2) is 8.01. The molecule has 2 nitrogen and oxygen atoms in total. The normalized spacial score (nSPS) is 18.4. The van der Waals surface area contributed by atoms with Crippen LogP contribution in [0.3, 0.4) is 0 Å². The topological polar surface area (TPSA) is 29.3 Å². The Morgan fingerprint density at radius 3 is 1.83 bits per heavy atom. The molecule has 0 aromatic heterocycles. The molecule has 1 aliphatic heterocycles. The summed E-state index contributed by atoms with van der Waals surface area (Å²) >= 11 is 0. The van der Waals surface area contributed by atoms with Gasteiger partial charge in [-0.25, -0.2) is 0 Å². The zero-order valence-electron chi connectivity index (χ0n) is 15.9. The maximum atomic E-state index is 13.1. The number of nitrogens with zero attached hydrogens (tertiary/aromatic N) is 1. The van der Waals surface area contributed by atoms with E-state index in [1.807, 2.05) is 36.4 Å². The van der Waals surface area contributed by atoms with E-state index in [-0.39, 0.29) is 12.1 Å². The van der Waals surface area contributed by atoms with Crippen molar-refractivity contribution in [1.82, 2.24) is 4.90 Å². The highest BCUT2D eigenvalue weighted by molar-refractivity contribution is 5.34. The summed E-state index contributed by atoms with van der Waals surface area (Å²) in [4.78, 5) is 2.30. The first kappa shape index (κ1) is 19.7. The molecular formula is C24H23F3N2. The minimum absolute atomic E-state index is 0.0213. The van der Waals surface area contributed by atoms with Crippen molar-refractivity contribution in [3.05, 3.63) is 107 Å². The first-order valence-corrected chi connectivity index (χ1v) is 9.73. The van der Waals surface area contributed by atoms with Crippen molar-refractivity contribution in [3.63, 3.8) is 0 Å². The van der Waals surface area contributed by atoms with Gasteiger partial charge < -0.3 is 5.73 Å². The molecule has 5 heteroatoms. The second-order valence-corrected chi connectivity index (χ2v) is 7.47. The molecule has 1 saturated heterocycles. The van der Waals surface area contributed by atoms with Gasteiger partial charge in [0.25, 0.3) is 0 Å². The van der Waals surface area contributed by atoms with Crippen LogP contribution in [0.1, 0.15) is 40.8 Å². The Morgan fingerprint density at radius 1 is 0.793 bits per heavy atom. The minimum atomic E-state index is -4.37. The molecule has 2 unspecified atom stereocenters. The van der Waals surface area contributed by atoms with Crippen molar-refractivity contribution in [2.45, 2.75) is 30.7 Å². The number of alkyl halides is 3. The molecule has 0 aliphatic carbocycles. The number of rotatable bonds is 5. The molecule has 4 rings (SSSR count). The summed E-state index contributed by atoms with van der Waals surface area (Å²) in [5.74, 6) is 0. The van der Waals surface area contributed by atoms with Gasteiger partial charge in [0.05, 0.1) is 11.6 Å². The molecule has 0 bridgehead atoms. The Kier molecular flexibility index (Phi) is 5.43. The second-order valence-electron chi connectivity index (χ2n) is 7.47. The van der Waals surface area contributed by atoms with E-state index in [1.54, 1.807) is 6.07 Å². The quantitative estimate of drug-likeness (QED) is 0.611. The molecule has 3 aromatic rings. The number of halogens is 3. The zero-order valence-corrected chi connectivity index (χ0v) is 15.9. The van der Waals surface area contributed by atoms with Crippen LogP contribution in [0.4, 0.5) is 13.2 Å². The summed E-state index contributed by atoms with van der Waals surface area (Å²) < 4.78 is 39.4. The lowest BCUT2D eigenvalue weighted by molar-refractivity contribution is -0.137. The van der Waals surface area contributed by atoms with Gasteiger partial charge in [0.2, 0.25) is 0 Å². The van der Waals surface area contributed by atoms with E-state index in [4.69, 9.17) is 5.73 Å². The van der Waals surface area contributed by atoms with E-state index >= 15 is 0 Å². The highest BCUT2D eigenvalue weighted by atomic mass is 19.4. The number of nitrogens with two attached hydrogens (primary N) is 1. The van der Waals surface area contributed by atoms with Crippen LogP contribution in [0.25, 0.3) is 0 Å². The largest absolute Gasteiger partial charge is 0.416 e. The average Bonchev–Trinajstić information content (AvgIpc) is 2.72. The molecule has 2 atom stereocenters. The fraction of sp³-hybridized carbons (Fsp3) is 0.250. The van der Waals surface area contributed by atoms with Gasteiger partial charge in [-0.05, 0) is 35.2 Å². The Labute approximate surface area is 168 Å². The SMILES string of the molecule is NC(c1cccc(C(F)(F)F)c1)C1CCN1C(c1ccccc1)c1ccccc1. The van der Waals surface area contributed by atoms with E-state index < -0.39 is 17.8 Å². The molecule has 1 aliphatic rings. The van der Waals surface area contributed by atoms with E-state index in [9.17, 15) is 13.2 Å². The molecule has 0 radical (unpaired) electrons. The van der Waals surface area contributed by atoms with Crippen LogP contribution in [0.5, 0.6) is 0 Å². The van der Waals surface area contributed by atoms with Crippen LogP contribution in [0, 0.1) is 0 Å². The van der Waals surface area contributed by atoms with E-state index in [1.165, 1.54) is 12.1 Å². The minimum Gasteiger partial charge on any atom is -0.323 e. The van der Waals surface area contributed by atoms with Crippen molar-refractivity contribution in [1.29, 1.82) is 0 Å². The molecule has 150 valence electrons. The lowest BCUT2D eigenvalue weighted by atomic mass is 9.85. The maximum Gasteiger partial charge on any atom is 0.416 e. The van der Waals surface area contributed by atoms with Gasteiger partial charge in [0.15, 0.2) is 0 Å². The first-order chi connectivity index (χ1) is 13.9. The summed E-state index contributed by atoms with van der Waals surface area (Å²) in [5.41, 5.74) is 8.66. The molecule has 2 N–H and O–H groups in total. The molecule has 3 aromatic carbocycles. The zero-order chi connectivity index (χ0) is 20.4. The van der Waals surface area contributed by atoms with Gasteiger partial charge in [-0.2, -0.15) is 13.2 Å². The Morgan fingerprint density at radius 2 is 1.34 bits per heavy atom. The number of benzene rings is 3. The number of hydrogen-bond donors (Lipinski definition) is 1. The number of hydrogen-bond acceptors (Lipinski definition) is 2. The van der Waals surface area contributed by atoms with Crippen LogP contribution in [-0.2, 0) is 6.18 Å². The molecule has 1 fully saturated rings. The standard InChI is InChI=1S/C24H23F3N2/c25-24(26,27)20-13-7-12-19(16-20)22(28)21-14-15-29(21)23(17-8-3-1-4-9-17)18-10-5-2-6-11-18/h1-13,16,21-23H,14-15,28H2. The van der Waals surface area contributed by atoms with Gasteiger partial charge in [0.1, 0.15) is 0 Å². The summed E-state index contributed by atoms with van der Waals surface area (Å²) in [6.45, 7) is 0.853. The molecule has 0 amide bonds. The van der Waals surface area contributed by atoms with Gasteiger partial charge in [-0.3, -0.25) is 4.90 Å². The Balaban J connectivity index is 1.65. The van der Waals surface area contributed by atoms with E-state index in [0.29, 0.717) is 5.56 Å². The summed E-state index contributed by atoms with van der Waals surface area (Å²) in [6, 6.07) is 25.2. The molecule has 0 spiro atoms. The van der Waals surface area contributed by atoms with Crippen LogP contribution in [0.2, 0.25) is 0 Å². The van der Waals surface area contributed by atoms with Crippen LogP contribution < -0.4 is 5.73 Å². The summed E-state index contributed by atoms with van der Waals surface area (Å²) in [6.07, 6.45) is -3.51. The van der Waals surface area contributed by atoms with Crippen molar-refractivity contribution < 1.29 is 13.2 Å². The van der Waals surface area contributed by atoms with E-state index in [2.05, 4.69) is 29.2 Å².